The minimum atomic E-state index is -0.223. The van der Waals surface area contributed by atoms with Crippen molar-refractivity contribution in [3.8, 4) is 17.2 Å². The molecule has 0 bridgehead atoms. The van der Waals surface area contributed by atoms with Gasteiger partial charge in [0.1, 0.15) is 0 Å². The second kappa shape index (κ2) is 8.47. The molecule has 0 atom stereocenters. The lowest BCUT2D eigenvalue weighted by atomic mass is 10.1. The monoisotopic (exact) mass is 358 g/mol. The molecule has 0 spiro atoms. The number of carbonyl (C=O) groups is 1. The van der Waals surface area contributed by atoms with E-state index in [-0.39, 0.29) is 6.03 Å². The zero-order chi connectivity index (χ0) is 19.3. The van der Waals surface area contributed by atoms with E-state index in [9.17, 15) is 4.79 Å². The van der Waals surface area contributed by atoms with Crippen molar-refractivity contribution in [3.05, 3.63) is 47.0 Å². The third kappa shape index (κ3) is 4.39. The summed E-state index contributed by atoms with van der Waals surface area (Å²) in [7, 11) is 6.37. The van der Waals surface area contributed by atoms with Gasteiger partial charge in [0, 0.05) is 25.7 Å². The van der Waals surface area contributed by atoms with Gasteiger partial charge >= 0.3 is 6.03 Å². The maximum Gasteiger partial charge on any atom is 0.321 e. The SMILES string of the molecule is COc1cc(NC(=O)N(C)Cc2ccc(C)cc2C)cc(OC)c1OC. The molecule has 6 heteroatoms. The fraction of sp³-hybridized carbons (Fsp3) is 0.350. The lowest BCUT2D eigenvalue weighted by Gasteiger charge is -2.20. The lowest BCUT2D eigenvalue weighted by Crippen LogP contribution is -2.31. The fourth-order valence-corrected chi connectivity index (χ4v) is 2.72. The van der Waals surface area contributed by atoms with Gasteiger partial charge in [0.15, 0.2) is 11.5 Å². The molecule has 0 unspecified atom stereocenters. The standard InChI is InChI=1S/C20H26N2O4/c1-13-7-8-15(14(2)9-13)12-22(3)20(23)21-16-10-17(24-4)19(26-6)18(11-16)25-5/h7-11H,12H2,1-6H3,(H,21,23). The number of ether oxygens (including phenoxy) is 3. The maximum absolute atomic E-state index is 12.6. The highest BCUT2D eigenvalue weighted by atomic mass is 16.5. The number of anilines is 1. The van der Waals surface area contributed by atoms with Crippen LogP contribution in [-0.2, 0) is 6.54 Å². The zero-order valence-corrected chi connectivity index (χ0v) is 16.2. The van der Waals surface area contributed by atoms with Crippen LogP contribution in [-0.4, -0.2) is 39.3 Å². The molecule has 0 saturated heterocycles. The molecule has 0 radical (unpaired) electrons. The summed E-state index contributed by atoms with van der Waals surface area (Å²) in [6.45, 7) is 4.62. The number of aryl methyl sites for hydroxylation is 2. The summed E-state index contributed by atoms with van der Waals surface area (Å²) in [5, 5.41) is 2.86. The Bertz CT molecular complexity index is 764. The molecule has 0 aliphatic heterocycles. The predicted octanol–water partition coefficient (Wildman–Crippen LogP) is 3.99. The Balaban J connectivity index is 2.15. The van der Waals surface area contributed by atoms with E-state index < -0.39 is 0 Å². The second-order valence-corrected chi connectivity index (χ2v) is 6.13. The van der Waals surface area contributed by atoms with Crippen molar-refractivity contribution in [2.24, 2.45) is 0 Å². The Morgan fingerprint density at radius 3 is 2.12 bits per heavy atom. The third-order valence-corrected chi connectivity index (χ3v) is 4.17. The van der Waals surface area contributed by atoms with Crippen LogP contribution in [0.4, 0.5) is 10.5 Å². The van der Waals surface area contributed by atoms with Gasteiger partial charge in [0.2, 0.25) is 5.75 Å². The molecular weight excluding hydrogens is 332 g/mol. The van der Waals surface area contributed by atoms with Crippen LogP contribution < -0.4 is 19.5 Å². The minimum absolute atomic E-state index is 0.223. The Morgan fingerprint density at radius 1 is 1.00 bits per heavy atom. The molecule has 2 aromatic carbocycles. The van der Waals surface area contributed by atoms with Crippen molar-refractivity contribution in [1.29, 1.82) is 0 Å². The normalized spacial score (nSPS) is 10.2. The average Bonchev–Trinajstić information content (AvgIpc) is 2.62. The van der Waals surface area contributed by atoms with E-state index in [0.717, 1.165) is 11.1 Å². The van der Waals surface area contributed by atoms with Gasteiger partial charge in [0.05, 0.1) is 27.0 Å². The van der Waals surface area contributed by atoms with Gasteiger partial charge in [-0.2, -0.15) is 0 Å². The molecular formula is C20H26N2O4. The number of benzene rings is 2. The molecule has 0 aliphatic carbocycles. The van der Waals surface area contributed by atoms with Gasteiger partial charge in [-0.25, -0.2) is 4.79 Å². The van der Waals surface area contributed by atoms with Crippen molar-refractivity contribution < 1.29 is 19.0 Å². The summed E-state index contributed by atoms with van der Waals surface area (Å²) in [5.41, 5.74) is 4.04. The number of urea groups is 1. The van der Waals surface area contributed by atoms with Gasteiger partial charge < -0.3 is 24.4 Å². The number of nitrogens with zero attached hydrogens (tertiary/aromatic N) is 1. The van der Waals surface area contributed by atoms with E-state index in [4.69, 9.17) is 14.2 Å². The minimum Gasteiger partial charge on any atom is -0.493 e. The second-order valence-electron chi connectivity index (χ2n) is 6.13. The lowest BCUT2D eigenvalue weighted by molar-refractivity contribution is 0.220. The summed E-state index contributed by atoms with van der Waals surface area (Å²) >= 11 is 0. The van der Waals surface area contributed by atoms with Gasteiger partial charge in [0.25, 0.3) is 0 Å². The summed E-state index contributed by atoms with van der Waals surface area (Å²) in [5.74, 6) is 1.45. The smallest absolute Gasteiger partial charge is 0.321 e. The molecule has 0 fully saturated rings. The quantitative estimate of drug-likeness (QED) is 0.848. The van der Waals surface area contributed by atoms with Crippen molar-refractivity contribution in [2.45, 2.75) is 20.4 Å². The predicted molar refractivity (Wildman–Crippen MR) is 102 cm³/mol. The Labute approximate surface area is 154 Å². The van der Waals surface area contributed by atoms with E-state index in [1.54, 1.807) is 24.1 Å². The molecule has 0 aromatic heterocycles. The van der Waals surface area contributed by atoms with E-state index in [1.165, 1.54) is 26.9 Å². The number of methoxy groups -OCH3 is 3. The topological polar surface area (TPSA) is 60.0 Å². The Morgan fingerprint density at radius 2 is 1.62 bits per heavy atom. The van der Waals surface area contributed by atoms with Crippen molar-refractivity contribution in [1.82, 2.24) is 4.90 Å². The first-order valence-electron chi connectivity index (χ1n) is 8.27. The number of hydrogen-bond acceptors (Lipinski definition) is 4. The van der Waals surface area contributed by atoms with Crippen molar-refractivity contribution in [2.75, 3.05) is 33.7 Å². The fourth-order valence-electron chi connectivity index (χ4n) is 2.72. The first-order chi connectivity index (χ1) is 12.4. The molecule has 6 nitrogen and oxygen atoms in total. The highest BCUT2D eigenvalue weighted by Gasteiger charge is 2.16. The zero-order valence-electron chi connectivity index (χ0n) is 16.2. The molecule has 2 amide bonds. The molecule has 140 valence electrons. The van der Waals surface area contributed by atoms with Crippen LogP contribution in [0.5, 0.6) is 17.2 Å². The molecule has 0 saturated carbocycles. The van der Waals surface area contributed by atoms with E-state index >= 15 is 0 Å². The van der Waals surface area contributed by atoms with Gasteiger partial charge in [-0.05, 0) is 25.0 Å². The molecule has 2 rings (SSSR count). The number of nitrogens with one attached hydrogen (secondary N) is 1. The van der Waals surface area contributed by atoms with E-state index in [2.05, 4.69) is 18.3 Å². The molecule has 0 heterocycles. The van der Waals surface area contributed by atoms with Crippen molar-refractivity contribution in [3.63, 3.8) is 0 Å². The van der Waals surface area contributed by atoms with Crippen LogP contribution >= 0.6 is 0 Å². The van der Waals surface area contributed by atoms with Gasteiger partial charge in [-0.15, -0.1) is 0 Å². The van der Waals surface area contributed by atoms with Crippen LogP contribution in [0.15, 0.2) is 30.3 Å². The third-order valence-electron chi connectivity index (χ3n) is 4.17. The summed E-state index contributed by atoms with van der Waals surface area (Å²) in [4.78, 5) is 14.2. The number of amides is 2. The molecule has 0 aliphatic rings. The molecule has 2 aromatic rings. The highest BCUT2D eigenvalue weighted by molar-refractivity contribution is 5.90. The van der Waals surface area contributed by atoms with Crippen molar-refractivity contribution >= 4 is 11.7 Å². The van der Waals surface area contributed by atoms with Crippen LogP contribution in [0, 0.1) is 13.8 Å². The van der Waals surface area contributed by atoms with Crippen LogP contribution in [0.2, 0.25) is 0 Å². The average molecular weight is 358 g/mol. The summed E-state index contributed by atoms with van der Waals surface area (Å²) in [6.07, 6.45) is 0. The first-order valence-corrected chi connectivity index (χ1v) is 8.27. The summed E-state index contributed by atoms with van der Waals surface area (Å²) in [6, 6.07) is 9.38. The van der Waals surface area contributed by atoms with Gasteiger partial charge in [-0.3, -0.25) is 0 Å². The number of rotatable bonds is 6. The number of hydrogen-bond donors (Lipinski definition) is 1. The van der Waals surface area contributed by atoms with Crippen LogP contribution in [0.1, 0.15) is 16.7 Å². The van der Waals surface area contributed by atoms with Gasteiger partial charge in [-0.1, -0.05) is 23.8 Å². The number of carbonyl (C=O) groups excluding carboxylic acids is 1. The highest BCUT2D eigenvalue weighted by Crippen LogP contribution is 2.39. The largest absolute Gasteiger partial charge is 0.493 e. The summed E-state index contributed by atoms with van der Waals surface area (Å²) < 4.78 is 15.9. The van der Waals surface area contributed by atoms with E-state index in [1.807, 2.05) is 19.1 Å². The van der Waals surface area contributed by atoms with E-state index in [0.29, 0.717) is 29.5 Å². The first kappa shape index (κ1) is 19.4. The maximum atomic E-state index is 12.6. The van der Waals surface area contributed by atoms with Crippen LogP contribution in [0.25, 0.3) is 0 Å². The Hall–Kier alpha value is -2.89. The Kier molecular flexibility index (Phi) is 6.33. The molecule has 1 N–H and O–H groups in total. The molecule has 26 heavy (non-hydrogen) atoms. The van der Waals surface area contributed by atoms with Crippen LogP contribution in [0.3, 0.4) is 0 Å².